The quantitative estimate of drug-likeness (QED) is 0.0974. The van der Waals surface area contributed by atoms with Crippen molar-refractivity contribution in [3.63, 3.8) is 0 Å². The molecule has 222 valence electrons. The van der Waals surface area contributed by atoms with Gasteiger partial charge in [0.1, 0.15) is 12.4 Å². The van der Waals surface area contributed by atoms with Gasteiger partial charge in [0.05, 0.1) is 22.7 Å². The van der Waals surface area contributed by atoms with Crippen molar-refractivity contribution in [1.29, 1.82) is 0 Å². The molecule has 1 aromatic heterocycles. The number of nitro benzene ring substituents is 1. The Balaban J connectivity index is 1.44. The summed E-state index contributed by atoms with van der Waals surface area (Å²) in [5.74, 6) is 0.137. The maximum absolute atomic E-state index is 13.5. The number of aromatic nitrogens is 1. The van der Waals surface area contributed by atoms with Crippen molar-refractivity contribution in [1.82, 2.24) is 4.57 Å². The van der Waals surface area contributed by atoms with E-state index in [2.05, 4.69) is 0 Å². The Morgan fingerprint density at radius 3 is 2.36 bits per heavy atom. The van der Waals surface area contributed by atoms with Crippen LogP contribution in [0, 0.1) is 10.1 Å². The molecule has 1 saturated heterocycles. The molecular weight excluding hydrogens is 558 g/mol. The highest BCUT2D eigenvalue weighted by Crippen LogP contribution is 2.39. The Kier molecular flexibility index (Phi) is 8.10. The minimum atomic E-state index is -0.551. The van der Waals surface area contributed by atoms with Gasteiger partial charge >= 0.3 is 5.97 Å². The second kappa shape index (κ2) is 12.4. The number of esters is 1. The molecule has 1 amide bonds. The molecule has 0 unspecified atom stereocenters. The van der Waals surface area contributed by atoms with Crippen LogP contribution in [-0.2, 0) is 22.7 Å². The molecule has 0 radical (unpaired) electrons. The molecule has 5 aromatic rings. The predicted molar refractivity (Wildman–Crippen MR) is 168 cm³/mol. The minimum absolute atomic E-state index is 0.0400. The van der Waals surface area contributed by atoms with Gasteiger partial charge in [-0.1, -0.05) is 66.7 Å². The SMILES string of the molecule is CCOC(=O)c1c(N2CCCC2=O)c2ccc(-c3ccc(OCc4ccccc4)cc3)cc2n1Cc1cccc([N+](=O)[O-])c1. The third-order valence-corrected chi connectivity index (χ3v) is 7.75. The number of amides is 1. The number of fused-ring (bicyclic) bond motifs is 1. The van der Waals surface area contributed by atoms with E-state index >= 15 is 0 Å². The van der Waals surface area contributed by atoms with Crippen molar-refractivity contribution >= 4 is 34.2 Å². The van der Waals surface area contributed by atoms with E-state index in [0.29, 0.717) is 37.2 Å². The van der Waals surface area contributed by atoms with Crippen LogP contribution in [0.3, 0.4) is 0 Å². The second-order valence-corrected chi connectivity index (χ2v) is 10.6. The average Bonchev–Trinajstić information content (AvgIpc) is 3.61. The van der Waals surface area contributed by atoms with Crippen LogP contribution in [0.4, 0.5) is 11.4 Å². The standard InChI is InChI=1S/C35H31N3O6/c1-2-43-35(40)34-33(36-19-7-12-32(36)39)30-18-15-27(21-31(30)37(34)22-25-10-6-11-28(20-25)38(41)42)26-13-16-29(17-14-26)44-23-24-8-4-3-5-9-24/h3-6,8-11,13-18,20-21H,2,7,12,19,22-23H2,1H3. The number of nitrogens with zero attached hydrogens (tertiary/aromatic N) is 3. The summed E-state index contributed by atoms with van der Waals surface area (Å²) in [5, 5.41) is 12.2. The van der Waals surface area contributed by atoms with Crippen LogP contribution in [-0.4, -0.2) is 34.5 Å². The van der Waals surface area contributed by atoms with Crippen molar-refractivity contribution in [2.45, 2.75) is 32.9 Å². The summed E-state index contributed by atoms with van der Waals surface area (Å²) in [6.45, 7) is 3.02. The Labute approximate surface area is 254 Å². The Morgan fingerprint density at radius 2 is 1.66 bits per heavy atom. The maximum Gasteiger partial charge on any atom is 0.357 e. The number of non-ortho nitro benzene ring substituents is 1. The van der Waals surface area contributed by atoms with Crippen molar-refractivity contribution in [3.05, 3.63) is 124 Å². The molecule has 0 N–H and O–H groups in total. The van der Waals surface area contributed by atoms with Crippen LogP contribution in [0.2, 0.25) is 0 Å². The van der Waals surface area contributed by atoms with E-state index in [1.807, 2.05) is 77.4 Å². The molecular formula is C35H31N3O6. The molecule has 1 aliphatic heterocycles. The summed E-state index contributed by atoms with van der Waals surface area (Å²) in [6, 6.07) is 30.0. The van der Waals surface area contributed by atoms with Gasteiger partial charge in [-0.3, -0.25) is 14.9 Å². The van der Waals surface area contributed by atoms with Gasteiger partial charge in [-0.05, 0) is 53.8 Å². The molecule has 9 nitrogen and oxygen atoms in total. The van der Waals surface area contributed by atoms with Gasteiger partial charge < -0.3 is 18.9 Å². The predicted octanol–water partition coefficient (Wildman–Crippen LogP) is 7.15. The lowest BCUT2D eigenvalue weighted by atomic mass is 10.0. The van der Waals surface area contributed by atoms with Gasteiger partial charge in [0.25, 0.3) is 5.69 Å². The number of hydrogen-bond acceptors (Lipinski definition) is 6. The van der Waals surface area contributed by atoms with Crippen molar-refractivity contribution in [2.75, 3.05) is 18.1 Å². The van der Waals surface area contributed by atoms with Crippen molar-refractivity contribution in [3.8, 4) is 16.9 Å². The molecule has 0 saturated carbocycles. The molecule has 0 bridgehead atoms. The number of rotatable bonds is 10. The first-order chi connectivity index (χ1) is 21.4. The highest BCUT2D eigenvalue weighted by Gasteiger charge is 2.33. The van der Waals surface area contributed by atoms with Crippen molar-refractivity contribution in [2.24, 2.45) is 0 Å². The van der Waals surface area contributed by atoms with E-state index in [-0.39, 0.29) is 30.4 Å². The van der Waals surface area contributed by atoms with Crippen LogP contribution < -0.4 is 9.64 Å². The van der Waals surface area contributed by atoms with E-state index < -0.39 is 10.9 Å². The molecule has 0 aliphatic carbocycles. The van der Waals surface area contributed by atoms with Gasteiger partial charge in [-0.2, -0.15) is 0 Å². The Hall–Kier alpha value is -5.44. The molecule has 2 heterocycles. The third-order valence-electron chi connectivity index (χ3n) is 7.75. The zero-order valence-electron chi connectivity index (χ0n) is 24.3. The average molecular weight is 590 g/mol. The van der Waals surface area contributed by atoms with Crippen molar-refractivity contribution < 1.29 is 24.0 Å². The minimum Gasteiger partial charge on any atom is -0.489 e. The van der Waals surface area contributed by atoms with Gasteiger partial charge in [-0.25, -0.2) is 4.79 Å². The summed E-state index contributed by atoms with van der Waals surface area (Å²) in [7, 11) is 0. The number of nitro groups is 1. The van der Waals surface area contributed by atoms with Crippen LogP contribution >= 0.6 is 0 Å². The van der Waals surface area contributed by atoms with Gasteiger partial charge in [0.15, 0.2) is 5.69 Å². The van der Waals surface area contributed by atoms with Crippen LogP contribution in [0.15, 0.2) is 97.1 Å². The summed E-state index contributed by atoms with van der Waals surface area (Å²) >= 11 is 0. The van der Waals surface area contributed by atoms with Gasteiger partial charge in [0.2, 0.25) is 5.91 Å². The lowest BCUT2D eigenvalue weighted by Gasteiger charge is -2.18. The van der Waals surface area contributed by atoms with E-state index in [0.717, 1.165) is 33.3 Å². The molecule has 1 fully saturated rings. The van der Waals surface area contributed by atoms with E-state index in [1.54, 1.807) is 24.0 Å². The first-order valence-corrected chi connectivity index (χ1v) is 14.6. The fraction of sp³-hybridized carbons (Fsp3) is 0.200. The second-order valence-electron chi connectivity index (χ2n) is 10.6. The highest BCUT2D eigenvalue weighted by atomic mass is 16.6. The molecule has 44 heavy (non-hydrogen) atoms. The van der Waals surface area contributed by atoms with Crippen LogP contribution in [0.1, 0.15) is 41.4 Å². The Bertz CT molecular complexity index is 1850. The topological polar surface area (TPSA) is 104 Å². The molecule has 1 aliphatic rings. The number of anilines is 1. The highest BCUT2D eigenvalue weighted by molar-refractivity contribution is 6.13. The number of carbonyl (C=O) groups excluding carboxylic acids is 2. The lowest BCUT2D eigenvalue weighted by Crippen LogP contribution is -2.26. The van der Waals surface area contributed by atoms with E-state index in [4.69, 9.17) is 9.47 Å². The monoisotopic (exact) mass is 589 g/mol. The normalized spacial score (nSPS) is 12.9. The zero-order chi connectivity index (χ0) is 30.6. The van der Waals surface area contributed by atoms with Gasteiger partial charge in [0, 0.05) is 37.0 Å². The molecule has 0 atom stereocenters. The first-order valence-electron chi connectivity index (χ1n) is 14.6. The Morgan fingerprint density at radius 1 is 0.909 bits per heavy atom. The summed E-state index contributed by atoms with van der Waals surface area (Å²) in [6.07, 6.45) is 1.09. The molecule has 6 rings (SSSR count). The lowest BCUT2D eigenvalue weighted by molar-refractivity contribution is -0.384. The van der Waals surface area contributed by atoms with E-state index in [9.17, 15) is 19.7 Å². The molecule has 4 aromatic carbocycles. The molecule has 0 spiro atoms. The van der Waals surface area contributed by atoms with Gasteiger partial charge in [-0.15, -0.1) is 0 Å². The fourth-order valence-electron chi connectivity index (χ4n) is 5.67. The fourth-order valence-corrected chi connectivity index (χ4v) is 5.67. The summed E-state index contributed by atoms with van der Waals surface area (Å²) in [5.41, 5.74) is 5.02. The number of carbonyl (C=O) groups is 2. The number of hydrogen-bond donors (Lipinski definition) is 0. The molecule has 9 heteroatoms. The summed E-state index contributed by atoms with van der Waals surface area (Å²) in [4.78, 5) is 39.2. The van der Waals surface area contributed by atoms with Crippen LogP contribution in [0.25, 0.3) is 22.0 Å². The maximum atomic E-state index is 13.5. The largest absolute Gasteiger partial charge is 0.489 e. The summed E-state index contributed by atoms with van der Waals surface area (Å²) < 4.78 is 13.3. The van der Waals surface area contributed by atoms with Crippen LogP contribution in [0.5, 0.6) is 5.75 Å². The third kappa shape index (κ3) is 5.76. The van der Waals surface area contributed by atoms with E-state index in [1.165, 1.54) is 12.1 Å². The first kappa shape index (κ1) is 28.7. The smallest absolute Gasteiger partial charge is 0.357 e. The zero-order valence-corrected chi connectivity index (χ0v) is 24.3. The number of ether oxygens (including phenoxy) is 2. The number of benzene rings is 4.